The van der Waals surface area contributed by atoms with Crippen LogP contribution in [0.15, 0.2) is 22.7 Å². The molecule has 4 rings (SSSR count). The van der Waals surface area contributed by atoms with Crippen molar-refractivity contribution in [3.63, 3.8) is 0 Å². The summed E-state index contributed by atoms with van der Waals surface area (Å²) >= 11 is 0. The molecule has 5 heteroatoms. The minimum absolute atomic E-state index is 0.777. The van der Waals surface area contributed by atoms with Gasteiger partial charge in [0.25, 0.3) is 0 Å². The second-order valence-electron chi connectivity index (χ2n) is 6.44. The van der Waals surface area contributed by atoms with E-state index >= 15 is 0 Å². The lowest BCUT2D eigenvalue weighted by atomic mass is 10.0. The minimum Gasteiger partial charge on any atom is -0.380 e. The average molecular weight is 288 g/mol. The second kappa shape index (κ2) is 5.39. The third-order valence-corrected chi connectivity index (χ3v) is 5.12. The van der Waals surface area contributed by atoms with Gasteiger partial charge in [-0.1, -0.05) is 0 Å². The molecule has 3 heterocycles. The van der Waals surface area contributed by atoms with Gasteiger partial charge in [0.05, 0.1) is 0 Å². The van der Waals surface area contributed by atoms with Crippen LogP contribution in [0.2, 0.25) is 0 Å². The fourth-order valence-corrected chi connectivity index (χ4v) is 3.62. The molecule has 0 aliphatic carbocycles. The highest BCUT2D eigenvalue weighted by Crippen LogP contribution is 2.26. The molecule has 5 nitrogen and oxygen atoms in total. The van der Waals surface area contributed by atoms with Crippen LogP contribution >= 0.6 is 0 Å². The summed E-state index contributed by atoms with van der Waals surface area (Å²) in [5, 5.41) is 2.84. The monoisotopic (exact) mass is 288 g/mol. The van der Waals surface area contributed by atoms with Crippen LogP contribution in [0.1, 0.15) is 12.8 Å². The van der Waals surface area contributed by atoms with Crippen LogP contribution in [0.25, 0.3) is 11.1 Å². The summed E-state index contributed by atoms with van der Waals surface area (Å²) in [7, 11) is 2.22. The lowest BCUT2D eigenvalue weighted by Crippen LogP contribution is -2.52. The molecule has 1 aromatic heterocycles. The largest absolute Gasteiger partial charge is 0.380 e. The van der Waals surface area contributed by atoms with E-state index < -0.39 is 0 Å². The maximum Gasteiger partial charge on any atom is 0.183 e. The van der Waals surface area contributed by atoms with E-state index in [1.807, 2.05) is 0 Å². The van der Waals surface area contributed by atoms with Crippen molar-refractivity contribution in [1.82, 2.24) is 15.0 Å². The van der Waals surface area contributed by atoms with Crippen molar-refractivity contribution in [3.8, 4) is 0 Å². The number of nitrogens with one attached hydrogen (secondary N) is 1. The number of aromatic amines is 1. The van der Waals surface area contributed by atoms with Crippen LogP contribution in [0.4, 0.5) is 5.69 Å². The number of piperazine rings is 1. The zero-order chi connectivity index (χ0) is 14.2. The maximum absolute atomic E-state index is 5.24. The Morgan fingerprint density at radius 2 is 1.81 bits per heavy atom. The Balaban J connectivity index is 1.36. The minimum atomic E-state index is 0.777. The molecule has 0 bridgehead atoms. The number of likely N-dealkylation sites (N-methyl/N-ethyl adjacent to an activating group) is 1. The van der Waals surface area contributed by atoms with Gasteiger partial charge >= 0.3 is 0 Å². The van der Waals surface area contributed by atoms with Crippen molar-refractivity contribution in [2.24, 2.45) is 0 Å². The summed E-state index contributed by atoms with van der Waals surface area (Å²) in [5.41, 5.74) is 3.38. The van der Waals surface area contributed by atoms with Gasteiger partial charge in [0.2, 0.25) is 0 Å². The van der Waals surface area contributed by atoms with Crippen molar-refractivity contribution in [1.29, 1.82) is 0 Å². The smallest absolute Gasteiger partial charge is 0.183 e. The molecule has 0 radical (unpaired) electrons. The zero-order valence-electron chi connectivity index (χ0n) is 12.7. The van der Waals surface area contributed by atoms with Crippen molar-refractivity contribution < 1.29 is 4.52 Å². The van der Waals surface area contributed by atoms with E-state index in [9.17, 15) is 0 Å². The zero-order valence-corrected chi connectivity index (χ0v) is 12.7. The van der Waals surface area contributed by atoms with Gasteiger partial charge < -0.3 is 14.3 Å². The van der Waals surface area contributed by atoms with E-state index in [2.05, 4.69) is 45.1 Å². The normalized spacial score (nSPS) is 23.2. The molecule has 0 atom stereocenters. The highest BCUT2D eigenvalue weighted by Gasteiger charge is 2.26. The first kappa shape index (κ1) is 13.2. The first-order valence-corrected chi connectivity index (χ1v) is 8.04. The van der Waals surface area contributed by atoms with E-state index in [4.69, 9.17) is 4.52 Å². The molecule has 21 heavy (non-hydrogen) atoms. The van der Waals surface area contributed by atoms with Crippen LogP contribution in [-0.4, -0.2) is 67.3 Å². The van der Waals surface area contributed by atoms with E-state index in [0.717, 1.165) is 30.2 Å². The number of hydrogen-bond acceptors (Lipinski definition) is 4. The van der Waals surface area contributed by atoms with Gasteiger partial charge in [0.15, 0.2) is 5.58 Å². The summed E-state index contributed by atoms with van der Waals surface area (Å²) in [4.78, 5) is 7.62. The van der Waals surface area contributed by atoms with Crippen molar-refractivity contribution in [3.05, 3.63) is 18.2 Å². The number of piperidine rings is 1. The molecule has 2 saturated heterocycles. The average Bonchev–Trinajstić information content (AvgIpc) is 2.50. The first-order valence-electron chi connectivity index (χ1n) is 8.04. The van der Waals surface area contributed by atoms with Gasteiger partial charge in [-0.05, 0) is 32.0 Å². The summed E-state index contributed by atoms with van der Waals surface area (Å²) in [5.74, 6) is 0. The van der Waals surface area contributed by atoms with Gasteiger partial charge in [0, 0.05) is 57.1 Å². The number of hydrogen-bond donors (Lipinski definition) is 1. The first-order chi connectivity index (χ1) is 10.3. The molecule has 0 saturated carbocycles. The van der Waals surface area contributed by atoms with Crippen LogP contribution in [0.3, 0.4) is 0 Å². The molecule has 1 N–H and O–H groups in total. The summed E-state index contributed by atoms with van der Waals surface area (Å²) in [6, 6.07) is 7.24. The molecule has 2 aliphatic heterocycles. The summed E-state index contributed by atoms with van der Waals surface area (Å²) in [6.07, 6.45) is 2.56. The van der Waals surface area contributed by atoms with Crippen molar-refractivity contribution in [2.45, 2.75) is 18.9 Å². The molecule has 2 fully saturated rings. The highest BCUT2D eigenvalue weighted by molar-refractivity contribution is 5.78. The Morgan fingerprint density at radius 3 is 2.43 bits per heavy atom. The molecule has 2 aliphatic rings. The van der Waals surface area contributed by atoms with E-state index in [-0.39, 0.29) is 0 Å². The standard InChI is InChI=1S/C16H24N4O/c1-18-8-10-20(11-9-18)13-4-6-19(7-5-13)14-2-3-15-16(12-14)21-17-15/h2-3,12-13,17H,4-11H2,1H3. The van der Waals surface area contributed by atoms with E-state index in [1.165, 1.54) is 44.7 Å². The van der Waals surface area contributed by atoms with Gasteiger partial charge in [0.1, 0.15) is 5.52 Å². The van der Waals surface area contributed by atoms with Gasteiger partial charge in [-0.25, -0.2) is 5.16 Å². The third-order valence-electron chi connectivity index (χ3n) is 5.12. The van der Waals surface area contributed by atoms with Crippen LogP contribution in [0.5, 0.6) is 0 Å². The van der Waals surface area contributed by atoms with Crippen LogP contribution in [-0.2, 0) is 0 Å². The number of anilines is 1. The number of aromatic nitrogens is 1. The Hall–Kier alpha value is -1.46. The van der Waals surface area contributed by atoms with Gasteiger partial charge in [-0.2, -0.15) is 0 Å². The van der Waals surface area contributed by atoms with Gasteiger partial charge in [-0.15, -0.1) is 0 Å². The second-order valence-corrected chi connectivity index (χ2v) is 6.44. The fraction of sp³-hybridized carbons (Fsp3) is 0.625. The number of benzene rings is 1. The van der Waals surface area contributed by atoms with Crippen LogP contribution < -0.4 is 4.90 Å². The fourth-order valence-electron chi connectivity index (χ4n) is 3.62. The van der Waals surface area contributed by atoms with E-state index in [1.54, 1.807) is 0 Å². The molecular formula is C16H24N4O. The predicted octanol–water partition coefficient (Wildman–Crippen LogP) is 1.98. The Morgan fingerprint density at radius 1 is 1.05 bits per heavy atom. The number of nitrogens with zero attached hydrogens (tertiary/aromatic N) is 3. The molecule has 114 valence electrons. The topological polar surface area (TPSA) is 38.6 Å². The molecule has 2 aromatic rings. The molecule has 0 unspecified atom stereocenters. The number of fused-ring (bicyclic) bond motifs is 1. The third kappa shape index (κ3) is 2.56. The molecule has 1 aromatic carbocycles. The van der Waals surface area contributed by atoms with E-state index in [0.29, 0.717) is 0 Å². The quantitative estimate of drug-likeness (QED) is 0.917. The lowest BCUT2D eigenvalue weighted by Gasteiger charge is -2.42. The maximum atomic E-state index is 5.24. The SMILES string of the molecule is CN1CCN(C2CCN(c3ccc4[nH]oc4c3)CC2)CC1. The Bertz CT molecular complexity index is 588. The summed E-state index contributed by atoms with van der Waals surface area (Å²) < 4.78 is 5.24. The number of H-pyrrole nitrogens is 1. The molecule has 0 amide bonds. The van der Waals surface area contributed by atoms with Crippen LogP contribution in [0, 0.1) is 0 Å². The Kier molecular flexibility index (Phi) is 3.39. The van der Waals surface area contributed by atoms with Crippen molar-refractivity contribution in [2.75, 3.05) is 51.2 Å². The molecular weight excluding hydrogens is 264 g/mol. The Labute approximate surface area is 125 Å². The van der Waals surface area contributed by atoms with Crippen molar-refractivity contribution >= 4 is 16.8 Å². The predicted molar refractivity (Wildman–Crippen MR) is 84.9 cm³/mol. The highest BCUT2D eigenvalue weighted by atomic mass is 16.5. The number of rotatable bonds is 2. The summed E-state index contributed by atoms with van der Waals surface area (Å²) in [6.45, 7) is 7.22. The molecule has 0 spiro atoms. The van der Waals surface area contributed by atoms with Gasteiger partial charge in [-0.3, -0.25) is 4.90 Å². The lowest BCUT2D eigenvalue weighted by molar-refractivity contribution is 0.0982.